The molecule has 0 amide bonds. The van der Waals surface area contributed by atoms with Crippen LogP contribution < -0.4 is 0 Å². The second-order valence-electron chi connectivity index (χ2n) is 3.08. The fraction of sp³-hybridized carbons (Fsp3) is 0.750. The van der Waals surface area contributed by atoms with Crippen molar-refractivity contribution in [1.29, 1.82) is 0 Å². The number of rotatable bonds is 2. The minimum atomic E-state index is 0.810. The first kappa shape index (κ1) is 6.81. The fourth-order valence-corrected chi connectivity index (χ4v) is 1.19. The van der Waals surface area contributed by atoms with E-state index in [0.717, 1.165) is 19.0 Å². The summed E-state index contributed by atoms with van der Waals surface area (Å²) in [6.45, 7) is 8.10. The molecule has 0 aliphatic carbocycles. The molecule has 0 N–H and O–H groups in total. The van der Waals surface area contributed by atoms with Crippen LogP contribution in [0.4, 0.5) is 0 Å². The Labute approximate surface area is 57.4 Å². The number of hydrogen-bond donors (Lipinski definition) is 0. The van der Waals surface area contributed by atoms with Crippen molar-refractivity contribution in [3.8, 4) is 0 Å². The van der Waals surface area contributed by atoms with Crippen molar-refractivity contribution >= 4 is 0 Å². The molecular weight excluding hydrogens is 110 g/mol. The Balaban J connectivity index is 2.14. The molecule has 1 nitrogen and oxygen atoms in total. The first-order valence-corrected chi connectivity index (χ1v) is 3.66. The molecule has 0 spiro atoms. The van der Waals surface area contributed by atoms with Crippen molar-refractivity contribution in [3.63, 3.8) is 0 Å². The standard InChI is InChI=1S/C8H15N/c1-8(2)7-9-5-3-4-6-9/h3-4,8H,5-7H2,1-2H3. The average molecular weight is 125 g/mol. The predicted octanol–water partition coefficient (Wildman–Crippen LogP) is 1.51. The van der Waals surface area contributed by atoms with Crippen molar-refractivity contribution in [2.75, 3.05) is 19.6 Å². The van der Waals surface area contributed by atoms with E-state index >= 15 is 0 Å². The van der Waals surface area contributed by atoms with Gasteiger partial charge in [-0.2, -0.15) is 0 Å². The summed E-state index contributed by atoms with van der Waals surface area (Å²) in [5.41, 5.74) is 0. The molecule has 0 saturated carbocycles. The number of nitrogens with zero attached hydrogens (tertiary/aromatic N) is 1. The van der Waals surface area contributed by atoms with Gasteiger partial charge in [0.2, 0.25) is 0 Å². The summed E-state index contributed by atoms with van der Waals surface area (Å²) < 4.78 is 0. The molecule has 0 unspecified atom stereocenters. The predicted molar refractivity (Wildman–Crippen MR) is 40.4 cm³/mol. The van der Waals surface area contributed by atoms with Gasteiger partial charge in [-0.1, -0.05) is 26.0 Å². The molecule has 0 atom stereocenters. The minimum absolute atomic E-state index is 0.810. The molecule has 1 rings (SSSR count). The van der Waals surface area contributed by atoms with Crippen LogP contribution in [0.5, 0.6) is 0 Å². The summed E-state index contributed by atoms with van der Waals surface area (Å²) in [4.78, 5) is 2.45. The van der Waals surface area contributed by atoms with Crippen LogP contribution in [0.25, 0.3) is 0 Å². The van der Waals surface area contributed by atoms with E-state index in [1.54, 1.807) is 0 Å². The largest absolute Gasteiger partial charge is 0.296 e. The fourth-order valence-electron chi connectivity index (χ4n) is 1.19. The molecule has 52 valence electrons. The molecule has 9 heavy (non-hydrogen) atoms. The SMILES string of the molecule is CC(C)CN1CC=CC1. The third kappa shape index (κ3) is 2.19. The summed E-state index contributed by atoms with van der Waals surface area (Å²) in [5.74, 6) is 0.810. The maximum atomic E-state index is 2.45. The van der Waals surface area contributed by atoms with Crippen molar-refractivity contribution in [2.24, 2.45) is 5.92 Å². The van der Waals surface area contributed by atoms with Gasteiger partial charge < -0.3 is 0 Å². The lowest BCUT2D eigenvalue weighted by molar-refractivity contribution is 0.309. The van der Waals surface area contributed by atoms with E-state index in [4.69, 9.17) is 0 Å². The van der Waals surface area contributed by atoms with E-state index in [0.29, 0.717) is 0 Å². The quantitative estimate of drug-likeness (QED) is 0.506. The van der Waals surface area contributed by atoms with Crippen molar-refractivity contribution in [2.45, 2.75) is 13.8 Å². The Morgan fingerprint density at radius 1 is 1.33 bits per heavy atom. The molecule has 0 aromatic carbocycles. The smallest absolute Gasteiger partial charge is 0.0167 e. The van der Waals surface area contributed by atoms with Gasteiger partial charge in [0.25, 0.3) is 0 Å². The van der Waals surface area contributed by atoms with Crippen LogP contribution in [0, 0.1) is 5.92 Å². The zero-order valence-electron chi connectivity index (χ0n) is 6.30. The van der Waals surface area contributed by atoms with Gasteiger partial charge in [0.15, 0.2) is 0 Å². The van der Waals surface area contributed by atoms with Crippen molar-refractivity contribution in [3.05, 3.63) is 12.2 Å². The summed E-state index contributed by atoms with van der Waals surface area (Å²) in [7, 11) is 0. The highest BCUT2D eigenvalue weighted by atomic mass is 15.1. The van der Waals surface area contributed by atoms with Gasteiger partial charge in [-0.3, -0.25) is 4.90 Å². The van der Waals surface area contributed by atoms with E-state index in [2.05, 4.69) is 30.9 Å². The zero-order valence-corrected chi connectivity index (χ0v) is 6.30. The highest BCUT2D eigenvalue weighted by Gasteiger charge is 2.06. The van der Waals surface area contributed by atoms with Crippen LogP contribution in [0.3, 0.4) is 0 Å². The van der Waals surface area contributed by atoms with Crippen LogP contribution in [0.1, 0.15) is 13.8 Å². The third-order valence-electron chi connectivity index (χ3n) is 1.52. The Bertz CT molecular complexity index is 97.1. The summed E-state index contributed by atoms with van der Waals surface area (Å²) in [5, 5.41) is 0. The van der Waals surface area contributed by atoms with Gasteiger partial charge in [-0.15, -0.1) is 0 Å². The van der Waals surface area contributed by atoms with Crippen LogP contribution >= 0.6 is 0 Å². The first-order chi connectivity index (χ1) is 4.29. The second-order valence-corrected chi connectivity index (χ2v) is 3.08. The van der Waals surface area contributed by atoms with Crippen LogP contribution in [-0.2, 0) is 0 Å². The van der Waals surface area contributed by atoms with Gasteiger partial charge in [0.05, 0.1) is 0 Å². The summed E-state index contributed by atoms with van der Waals surface area (Å²) >= 11 is 0. The maximum absolute atomic E-state index is 2.45. The Kier molecular flexibility index (Phi) is 2.29. The van der Waals surface area contributed by atoms with Crippen molar-refractivity contribution in [1.82, 2.24) is 4.90 Å². The van der Waals surface area contributed by atoms with E-state index in [-0.39, 0.29) is 0 Å². The molecule has 1 heteroatoms. The van der Waals surface area contributed by atoms with Gasteiger partial charge in [0, 0.05) is 19.6 Å². The monoisotopic (exact) mass is 125 g/mol. The van der Waals surface area contributed by atoms with Crippen LogP contribution in [0.2, 0.25) is 0 Å². The topological polar surface area (TPSA) is 3.24 Å². The molecule has 1 aliphatic heterocycles. The lowest BCUT2D eigenvalue weighted by atomic mass is 10.2. The van der Waals surface area contributed by atoms with E-state index in [1.807, 2.05) is 0 Å². The van der Waals surface area contributed by atoms with Crippen LogP contribution in [0.15, 0.2) is 12.2 Å². The Morgan fingerprint density at radius 2 is 1.89 bits per heavy atom. The maximum Gasteiger partial charge on any atom is 0.0167 e. The van der Waals surface area contributed by atoms with E-state index in [9.17, 15) is 0 Å². The molecule has 0 bridgehead atoms. The first-order valence-electron chi connectivity index (χ1n) is 3.66. The zero-order chi connectivity index (χ0) is 6.69. The summed E-state index contributed by atoms with van der Waals surface area (Å²) in [6.07, 6.45) is 4.48. The summed E-state index contributed by atoms with van der Waals surface area (Å²) in [6, 6.07) is 0. The molecule has 0 aromatic rings. The van der Waals surface area contributed by atoms with E-state index in [1.165, 1.54) is 6.54 Å². The molecule has 0 saturated heterocycles. The lowest BCUT2D eigenvalue weighted by Gasteiger charge is -2.16. The van der Waals surface area contributed by atoms with Gasteiger partial charge in [0.1, 0.15) is 0 Å². The minimum Gasteiger partial charge on any atom is -0.296 e. The number of hydrogen-bond acceptors (Lipinski definition) is 1. The second kappa shape index (κ2) is 3.02. The normalized spacial score (nSPS) is 19.9. The molecule has 0 aromatic heterocycles. The van der Waals surface area contributed by atoms with Crippen molar-refractivity contribution < 1.29 is 0 Å². The lowest BCUT2D eigenvalue weighted by Crippen LogP contribution is -2.24. The van der Waals surface area contributed by atoms with Gasteiger partial charge in [-0.05, 0) is 5.92 Å². The Morgan fingerprint density at radius 3 is 2.33 bits per heavy atom. The molecular formula is C8H15N. The molecule has 1 heterocycles. The molecule has 0 radical (unpaired) electrons. The van der Waals surface area contributed by atoms with E-state index < -0.39 is 0 Å². The molecule has 1 aliphatic rings. The molecule has 0 fully saturated rings. The third-order valence-corrected chi connectivity index (χ3v) is 1.52. The van der Waals surface area contributed by atoms with Gasteiger partial charge >= 0.3 is 0 Å². The van der Waals surface area contributed by atoms with Crippen LogP contribution in [-0.4, -0.2) is 24.5 Å². The van der Waals surface area contributed by atoms with Gasteiger partial charge in [-0.25, -0.2) is 0 Å². The average Bonchev–Trinajstić information content (AvgIpc) is 2.15. The highest BCUT2D eigenvalue weighted by Crippen LogP contribution is 2.02. The highest BCUT2D eigenvalue weighted by molar-refractivity contribution is 4.95. The Hall–Kier alpha value is -0.300.